The Balaban J connectivity index is 3.74. The van der Waals surface area contributed by atoms with E-state index in [1.807, 2.05) is 13.8 Å². The molecule has 0 saturated heterocycles. The van der Waals surface area contributed by atoms with E-state index in [1.54, 1.807) is 0 Å². The van der Waals surface area contributed by atoms with Gasteiger partial charge < -0.3 is 4.52 Å². The first-order valence-corrected chi connectivity index (χ1v) is 9.65. The van der Waals surface area contributed by atoms with Crippen molar-refractivity contribution < 1.29 is 9.09 Å². The largest absolute Gasteiger partial charge is 0.346 e. The van der Waals surface area contributed by atoms with Crippen molar-refractivity contribution >= 4 is 60.4 Å². The fourth-order valence-corrected chi connectivity index (χ4v) is 4.91. The lowest BCUT2D eigenvalue weighted by Crippen LogP contribution is -2.00. The van der Waals surface area contributed by atoms with Gasteiger partial charge in [0.1, 0.15) is 0 Å². The highest BCUT2D eigenvalue weighted by molar-refractivity contribution is 9.09. The average Bonchev–Trinajstić information content (AvgIpc) is 1.98. The molecule has 0 aromatic heterocycles. The number of alkyl halides is 2. The van der Waals surface area contributed by atoms with E-state index in [2.05, 4.69) is 31.9 Å². The first kappa shape index (κ1) is 14.8. The van der Waals surface area contributed by atoms with Gasteiger partial charge in [0.05, 0.1) is 6.61 Å². The molecule has 7 heteroatoms. The minimum atomic E-state index is -2.97. The predicted octanol–water partition coefficient (Wildman–Crippen LogP) is 4.65. The highest BCUT2D eigenvalue weighted by Crippen LogP contribution is 2.64. The quantitative estimate of drug-likeness (QED) is 0.500. The van der Waals surface area contributed by atoms with Crippen LogP contribution in [-0.2, 0) is 9.09 Å². The standard InChI is InChI=1S/C6H12Br2ClO2PS/c1-5(7)3-11-12(9,10)13-4-6(2)8/h5-6H,3-4H2,1-2H3. The molecule has 0 amide bonds. The first-order valence-electron chi connectivity index (χ1n) is 3.70. The first-order chi connectivity index (χ1) is 5.83. The maximum Gasteiger partial charge on any atom is 0.346 e. The SMILES string of the molecule is CC(Br)COP(=O)(Cl)SCC(C)Br. The maximum atomic E-state index is 11.5. The Morgan fingerprint density at radius 1 is 1.46 bits per heavy atom. The van der Waals surface area contributed by atoms with E-state index in [4.69, 9.17) is 15.8 Å². The van der Waals surface area contributed by atoms with Crippen LogP contribution in [0.25, 0.3) is 0 Å². The Morgan fingerprint density at radius 3 is 2.38 bits per heavy atom. The van der Waals surface area contributed by atoms with Crippen molar-refractivity contribution in [2.24, 2.45) is 0 Å². The van der Waals surface area contributed by atoms with Crippen molar-refractivity contribution in [3.8, 4) is 0 Å². The highest BCUT2D eigenvalue weighted by atomic mass is 79.9. The highest BCUT2D eigenvalue weighted by Gasteiger charge is 2.21. The summed E-state index contributed by atoms with van der Waals surface area (Å²) in [4.78, 5) is 0.455. The number of hydrogen-bond acceptors (Lipinski definition) is 3. The molecule has 0 aromatic rings. The van der Waals surface area contributed by atoms with Crippen LogP contribution in [0, 0.1) is 0 Å². The Hall–Kier alpha value is 1.79. The molecule has 0 radical (unpaired) electrons. The Bertz CT molecular complexity index is 175. The fourth-order valence-electron chi connectivity index (χ4n) is 0.421. The van der Waals surface area contributed by atoms with Crippen molar-refractivity contribution in [1.29, 1.82) is 0 Å². The van der Waals surface area contributed by atoms with Crippen molar-refractivity contribution in [3.63, 3.8) is 0 Å². The van der Waals surface area contributed by atoms with Crippen molar-refractivity contribution in [1.82, 2.24) is 0 Å². The van der Waals surface area contributed by atoms with E-state index in [1.165, 1.54) is 0 Å². The van der Waals surface area contributed by atoms with Crippen LogP contribution in [0.4, 0.5) is 0 Å². The molecule has 0 aromatic carbocycles. The molecule has 2 nitrogen and oxygen atoms in total. The monoisotopic (exact) mass is 372 g/mol. The van der Waals surface area contributed by atoms with E-state index < -0.39 is 5.92 Å². The molecular formula is C6H12Br2ClO2PS. The Morgan fingerprint density at radius 2 is 2.00 bits per heavy atom. The molecule has 80 valence electrons. The third-order valence-corrected chi connectivity index (χ3v) is 6.21. The normalized spacial score (nSPS) is 20.7. The van der Waals surface area contributed by atoms with Gasteiger partial charge in [-0.1, -0.05) is 57.1 Å². The minimum absolute atomic E-state index is 0.168. The summed E-state index contributed by atoms with van der Waals surface area (Å²) >= 11 is 13.5. The number of rotatable bonds is 6. The summed E-state index contributed by atoms with van der Waals surface area (Å²) in [6.45, 7) is 4.25. The van der Waals surface area contributed by atoms with Crippen LogP contribution < -0.4 is 0 Å². The molecule has 0 aliphatic carbocycles. The summed E-state index contributed by atoms with van der Waals surface area (Å²) in [5, 5.41) is 0. The van der Waals surface area contributed by atoms with Gasteiger partial charge in [-0.3, -0.25) is 4.57 Å². The Kier molecular flexibility index (Phi) is 8.11. The van der Waals surface area contributed by atoms with Gasteiger partial charge in [-0.05, 0) is 11.2 Å². The van der Waals surface area contributed by atoms with Crippen molar-refractivity contribution in [3.05, 3.63) is 0 Å². The molecule has 0 aliphatic heterocycles. The van der Waals surface area contributed by atoms with Crippen LogP contribution in [-0.4, -0.2) is 22.0 Å². The second-order valence-electron chi connectivity index (χ2n) is 2.58. The molecule has 0 spiro atoms. The van der Waals surface area contributed by atoms with Gasteiger partial charge in [0.25, 0.3) is 0 Å². The predicted molar refractivity (Wildman–Crippen MR) is 68.6 cm³/mol. The van der Waals surface area contributed by atoms with Crippen LogP contribution in [0.15, 0.2) is 0 Å². The lowest BCUT2D eigenvalue weighted by Gasteiger charge is -2.12. The van der Waals surface area contributed by atoms with Gasteiger partial charge in [0.15, 0.2) is 0 Å². The number of hydrogen-bond donors (Lipinski definition) is 0. The Labute approximate surface area is 105 Å². The fraction of sp³-hybridized carbons (Fsp3) is 1.00. The molecule has 0 fully saturated rings. The van der Waals surface area contributed by atoms with Gasteiger partial charge in [-0.15, -0.1) is 0 Å². The average molecular weight is 374 g/mol. The zero-order valence-electron chi connectivity index (χ0n) is 7.37. The van der Waals surface area contributed by atoms with Gasteiger partial charge in [-0.25, -0.2) is 0 Å². The summed E-state index contributed by atoms with van der Waals surface area (Å²) in [5.74, 6) is -2.29. The van der Waals surface area contributed by atoms with Crippen molar-refractivity contribution in [2.45, 2.75) is 23.5 Å². The summed E-state index contributed by atoms with van der Waals surface area (Å²) in [7, 11) is 0. The van der Waals surface area contributed by atoms with Gasteiger partial charge >= 0.3 is 5.92 Å². The maximum absolute atomic E-state index is 11.5. The van der Waals surface area contributed by atoms with E-state index in [9.17, 15) is 4.57 Å². The summed E-state index contributed by atoms with van der Waals surface area (Å²) in [6, 6.07) is 0. The molecule has 0 bridgehead atoms. The van der Waals surface area contributed by atoms with E-state index in [-0.39, 0.29) is 9.65 Å². The molecule has 0 aliphatic rings. The number of halogens is 3. The van der Waals surface area contributed by atoms with Gasteiger partial charge in [-0.2, -0.15) is 0 Å². The van der Waals surface area contributed by atoms with Crippen LogP contribution in [0.5, 0.6) is 0 Å². The van der Waals surface area contributed by atoms with Crippen LogP contribution in [0.1, 0.15) is 13.8 Å². The molecule has 3 atom stereocenters. The summed E-state index contributed by atoms with van der Waals surface area (Å²) < 4.78 is 16.5. The minimum Gasteiger partial charge on any atom is -0.309 e. The van der Waals surface area contributed by atoms with E-state index >= 15 is 0 Å². The van der Waals surface area contributed by atoms with E-state index in [0.717, 1.165) is 11.4 Å². The second-order valence-corrected chi connectivity index (χ2v) is 11.6. The topological polar surface area (TPSA) is 26.3 Å². The molecule has 0 N–H and O–H groups in total. The third kappa shape index (κ3) is 10.1. The summed E-state index contributed by atoms with van der Waals surface area (Å²) in [6.07, 6.45) is 0. The third-order valence-electron chi connectivity index (χ3n) is 0.917. The van der Waals surface area contributed by atoms with Crippen LogP contribution >= 0.6 is 60.4 Å². The zero-order valence-corrected chi connectivity index (χ0v) is 13.0. The molecule has 0 saturated carbocycles. The molecule has 0 rings (SSSR count). The van der Waals surface area contributed by atoms with Gasteiger partial charge in [0.2, 0.25) is 0 Å². The van der Waals surface area contributed by atoms with Crippen molar-refractivity contribution in [2.75, 3.05) is 12.4 Å². The lowest BCUT2D eigenvalue weighted by atomic mass is 10.5. The van der Waals surface area contributed by atoms with E-state index in [0.29, 0.717) is 12.4 Å². The van der Waals surface area contributed by atoms with Crippen LogP contribution in [0.3, 0.4) is 0 Å². The van der Waals surface area contributed by atoms with Gasteiger partial charge in [0, 0.05) is 15.4 Å². The van der Waals surface area contributed by atoms with Crippen LogP contribution in [0.2, 0.25) is 0 Å². The second kappa shape index (κ2) is 7.13. The summed E-state index contributed by atoms with van der Waals surface area (Å²) in [5.41, 5.74) is 0. The molecule has 3 unspecified atom stereocenters. The molecular weight excluding hydrogens is 362 g/mol. The molecule has 13 heavy (non-hydrogen) atoms. The smallest absolute Gasteiger partial charge is 0.309 e. The molecule has 0 heterocycles. The zero-order chi connectivity index (χ0) is 10.5. The lowest BCUT2D eigenvalue weighted by molar-refractivity contribution is 0.341.